The minimum Gasteiger partial charge on any atom is -0.393 e. The van der Waals surface area contributed by atoms with Crippen LogP contribution >= 0.6 is 12.2 Å². The Hall–Kier alpha value is -1.17. The van der Waals surface area contributed by atoms with Gasteiger partial charge in [-0.05, 0) is 18.8 Å². The third kappa shape index (κ3) is 2.94. The second-order valence-corrected chi connectivity index (χ2v) is 5.27. The molecular formula is C11H17N3O2S. The molecule has 2 rings (SSSR count). The highest BCUT2D eigenvalue weighted by molar-refractivity contribution is 7.80. The number of fused-ring (bicyclic) bond motifs is 1. The summed E-state index contributed by atoms with van der Waals surface area (Å²) in [6.07, 6.45) is 2.42. The summed E-state index contributed by atoms with van der Waals surface area (Å²) < 4.78 is 0. The van der Waals surface area contributed by atoms with Crippen LogP contribution in [0.15, 0.2) is 0 Å². The highest BCUT2D eigenvalue weighted by Crippen LogP contribution is 2.25. The topological polar surface area (TPSA) is 75.4 Å². The van der Waals surface area contributed by atoms with E-state index >= 15 is 0 Å². The highest BCUT2D eigenvalue weighted by atomic mass is 32.1. The van der Waals surface area contributed by atoms with E-state index in [2.05, 4.69) is 5.32 Å². The Labute approximate surface area is 106 Å². The summed E-state index contributed by atoms with van der Waals surface area (Å²) in [5.74, 6) is 0.527. The van der Waals surface area contributed by atoms with Crippen LogP contribution in [0, 0.1) is 5.92 Å². The van der Waals surface area contributed by atoms with Gasteiger partial charge in [-0.25, -0.2) is 0 Å². The smallest absolute Gasteiger partial charge is 0.229 e. The molecule has 2 atom stereocenters. The Kier molecular flexibility index (Phi) is 3.61. The summed E-state index contributed by atoms with van der Waals surface area (Å²) >= 11 is 4.74. The van der Waals surface area contributed by atoms with Crippen molar-refractivity contribution in [1.82, 2.24) is 10.2 Å². The van der Waals surface area contributed by atoms with Crippen LogP contribution < -0.4 is 11.1 Å². The number of hydrogen-bond donors (Lipinski definition) is 2. The second kappa shape index (κ2) is 5.00. The van der Waals surface area contributed by atoms with Gasteiger partial charge in [0, 0.05) is 25.6 Å². The monoisotopic (exact) mass is 255 g/mol. The molecule has 0 aliphatic carbocycles. The van der Waals surface area contributed by atoms with E-state index in [-0.39, 0.29) is 29.3 Å². The first-order valence-corrected chi connectivity index (χ1v) is 6.32. The van der Waals surface area contributed by atoms with Gasteiger partial charge in [0.05, 0.1) is 11.4 Å². The van der Waals surface area contributed by atoms with Crippen LogP contribution in [0.2, 0.25) is 0 Å². The molecular weight excluding hydrogens is 238 g/mol. The number of carbonyl (C=O) groups is 2. The van der Waals surface area contributed by atoms with E-state index < -0.39 is 0 Å². The largest absolute Gasteiger partial charge is 0.393 e. The molecule has 2 fully saturated rings. The number of rotatable bonds is 2. The molecule has 0 spiro atoms. The third-order valence-electron chi connectivity index (χ3n) is 3.50. The maximum atomic E-state index is 11.8. The molecule has 0 radical (unpaired) electrons. The Bertz CT molecular complexity index is 359. The fourth-order valence-corrected chi connectivity index (χ4v) is 2.72. The first-order valence-electron chi connectivity index (χ1n) is 5.91. The van der Waals surface area contributed by atoms with E-state index in [4.69, 9.17) is 18.0 Å². The van der Waals surface area contributed by atoms with Gasteiger partial charge >= 0.3 is 0 Å². The first-order chi connectivity index (χ1) is 8.06. The molecule has 2 aliphatic rings. The summed E-state index contributed by atoms with van der Waals surface area (Å²) in [4.78, 5) is 25.1. The Morgan fingerprint density at radius 2 is 2.29 bits per heavy atom. The predicted molar refractivity (Wildman–Crippen MR) is 67.3 cm³/mol. The Morgan fingerprint density at radius 1 is 1.53 bits per heavy atom. The van der Waals surface area contributed by atoms with Crippen molar-refractivity contribution in [2.75, 3.05) is 13.1 Å². The summed E-state index contributed by atoms with van der Waals surface area (Å²) in [7, 11) is 0. The summed E-state index contributed by atoms with van der Waals surface area (Å²) in [6, 6.07) is 0.241. The van der Waals surface area contributed by atoms with Gasteiger partial charge in [-0.15, -0.1) is 0 Å². The van der Waals surface area contributed by atoms with Gasteiger partial charge < -0.3 is 16.0 Å². The van der Waals surface area contributed by atoms with Crippen LogP contribution in [0.25, 0.3) is 0 Å². The van der Waals surface area contributed by atoms with Crippen molar-refractivity contribution in [1.29, 1.82) is 0 Å². The number of thiocarbonyl (C=S) groups is 1. The van der Waals surface area contributed by atoms with Gasteiger partial charge in [-0.1, -0.05) is 12.2 Å². The van der Waals surface area contributed by atoms with Crippen molar-refractivity contribution in [2.45, 2.75) is 31.7 Å². The van der Waals surface area contributed by atoms with Crippen molar-refractivity contribution in [2.24, 2.45) is 11.7 Å². The number of nitrogens with two attached hydrogens (primary N) is 1. The fraction of sp³-hybridized carbons (Fsp3) is 0.727. The first kappa shape index (κ1) is 12.3. The number of piperidine rings is 2. The lowest BCUT2D eigenvalue weighted by Gasteiger charge is -2.41. The third-order valence-corrected chi connectivity index (χ3v) is 3.65. The fourth-order valence-electron chi connectivity index (χ4n) is 2.60. The van der Waals surface area contributed by atoms with Crippen LogP contribution in [0.1, 0.15) is 25.7 Å². The van der Waals surface area contributed by atoms with Crippen molar-refractivity contribution < 1.29 is 9.59 Å². The molecule has 94 valence electrons. The van der Waals surface area contributed by atoms with E-state index in [0.717, 1.165) is 12.8 Å². The molecule has 0 bridgehead atoms. The number of likely N-dealkylation sites (tertiary alicyclic amines) is 1. The molecule has 2 unspecified atom stereocenters. The number of nitrogens with zero attached hydrogens (tertiary/aromatic N) is 1. The van der Waals surface area contributed by atoms with Gasteiger partial charge in [0.15, 0.2) is 0 Å². The average Bonchev–Trinajstić information content (AvgIpc) is 2.27. The Balaban J connectivity index is 1.91. The SMILES string of the molecule is NC(=S)CC(=O)N1CCC2NC(=O)CCC2C1. The van der Waals surface area contributed by atoms with Crippen molar-refractivity contribution >= 4 is 29.0 Å². The number of nitrogens with one attached hydrogen (secondary N) is 1. The molecule has 2 amide bonds. The quantitative estimate of drug-likeness (QED) is 0.670. The van der Waals surface area contributed by atoms with Crippen LogP contribution in [-0.4, -0.2) is 40.8 Å². The summed E-state index contributed by atoms with van der Waals surface area (Å²) in [5.41, 5.74) is 5.38. The lowest BCUT2D eigenvalue weighted by Crippen LogP contribution is -2.55. The second-order valence-electron chi connectivity index (χ2n) is 4.74. The number of carbonyl (C=O) groups excluding carboxylic acids is 2. The standard InChI is InChI=1S/C11H17N3O2S/c12-9(17)5-11(16)14-4-3-8-7(6-14)1-2-10(15)13-8/h7-8H,1-6H2,(H2,12,17)(H,13,15). The zero-order chi connectivity index (χ0) is 12.4. The molecule has 0 aromatic rings. The van der Waals surface area contributed by atoms with Crippen LogP contribution in [-0.2, 0) is 9.59 Å². The van der Waals surface area contributed by atoms with Gasteiger partial charge in [0.1, 0.15) is 0 Å². The molecule has 3 N–H and O–H groups in total. The minimum absolute atomic E-state index is 0.00727. The normalized spacial score (nSPS) is 28.2. The maximum Gasteiger partial charge on any atom is 0.229 e. The molecule has 2 aliphatic heterocycles. The van der Waals surface area contributed by atoms with Crippen molar-refractivity contribution in [3.8, 4) is 0 Å². The van der Waals surface area contributed by atoms with E-state index in [0.29, 0.717) is 25.4 Å². The molecule has 2 heterocycles. The predicted octanol–water partition coefficient (Wildman–Crippen LogP) is -0.210. The zero-order valence-corrected chi connectivity index (χ0v) is 10.5. The average molecular weight is 255 g/mol. The van der Waals surface area contributed by atoms with Gasteiger partial charge in [0.25, 0.3) is 0 Å². The molecule has 0 saturated carbocycles. The Morgan fingerprint density at radius 3 is 3.00 bits per heavy atom. The van der Waals surface area contributed by atoms with Crippen LogP contribution in [0.5, 0.6) is 0 Å². The van der Waals surface area contributed by atoms with E-state index in [9.17, 15) is 9.59 Å². The number of hydrogen-bond acceptors (Lipinski definition) is 3. The van der Waals surface area contributed by atoms with E-state index in [1.807, 2.05) is 4.90 Å². The molecule has 6 heteroatoms. The molecule has 0 aromatic heterocycles. The molecule has 0 aromatic carbocycles. The molecule has 2 saturated heterocycles. The molecule has 5 nitrogen and oxygen atoms in total. The van der Waals surface area contributed by atoms with Crippen LogP contribution in [0.4, 0.5) is 0 Å². The van der Waals surface area contributed by atoms with E-state index in [1.54, 1.807) is 0 Å². The number of amides is 2. The lowest BCUT2D eigenvalue weighted by atomic mass is 9.85. The maximum absolute atomic E-state index is 11.8. The minimum atomic E-state index is 0.00727. The highest BCUT2D eigenvalue weighted by Gasteiger charge is 2.35. The summed E-state index contributed by atoms with van der Waals surface area (Å²) in [6.45, 7) is 1.40. The zero-order valence-electron chi connectivity index (χ0n) is 9.65. The van der Waals surface area contributed by atoms with Gasteiger partial charge in [-0.2, -0.15) is 0 Å². The van der Waals surface area contributed by atoms with Crippen molar-refractivity contribution in [3.05, 3.63) is 0 Å². The van der Waals surface area contributed by atoms with Crippen LogP contribution in [0.3, 0.4) is 0 Å². The van der Waals surface area contributed by atoms with Gasteiger partial charge in [0.2, 0.25) is 11.8 Å². The van der Waals surface area contributed by atoms with Gasteiger partial charge in [-0.3, -0.25) is 9.59 Å². The molecule has 17 heavy (non-hydrogen) atoms. The lowest BCUT2D eigenvalue weighted by molar-refractivity contribution is -0.133. The van der Waals surface area contributed by atoms with Crippen molar-refractivity contribution in [3.63, 3.8) is 0 Å². The van der Waals surface area contributed by atoms with E-state index in [1.165, 1.54) is 0 Å². The summed E-state index contributed by atoms with van der Waals surface area (Å²) in [5, 5.41) is 2.99.